The van der Waals surface area contributed by atoms with Crippen molar-refractivity contribution in [3.8, 4) is 0 Å². The summed E-state index contributed by atoms with van der Waals surface area (Å²) in [6.45, 7) is 0.894. The highest BCUT2D eigenvalue weighted by atomic mass is 127. The molecule has 0 aliphatic heterocycles. The first kappa shape index (κ1) is 15.9. The Labute approximate surface area is 131 Å². The third-order valence-corrected chi connectivity index (χ3v) is 3.47. The van der Waals surface area contributed by atoms with Gasteiger partial charge in [-0.2, -0.15) is 0 Å². The lowest BCUT2D eigenvalue weighted by Crippen LogP contribution is -3.00. The molecule has 4 heteroatoms. The number of halogens is 2. The van der Waals surface area contributed by atoms with Crippen molar-refractivity contribution in [3.63, 3.8) is 0 Å². The average molecular weight is 380 g/mol. The summed E-state index contributed by atoms with van der Waals surface area (Å²) in [6.07, 6.45) is 1.95. The van der Waals surface area contributed by atoms with Gasteiger partial charge in [-0.25, -0.2) is 0 Å². The van der Waals surface area contributed by atoms with Crippen LogP contribution in [0.5, 0.6) is 0 Å². The smallest absolute Gasteiger partial charge is 0.171 e. The van der Waals surface area contributed by atoms with E-state index in [9.17, 15) is 4.79 Å². The zero-order valence-electron chi connectivity index (χ0n) is 11.0. The monoisotopic (exact) mass is 379 g/mol. The second kappa shape index (κ2) is 5.88. The molecule has 0 spiro atoms. The molecule has 1 aliphatic carbocycles. The molecule has 1 aliphatic rings. The van der Waals surface area contributed by atoms with E-state index in [1.807, 2.05) is 18.2 Å². The van der Waals surface area contributed by atoms with Crippen molar-refractivity contribution in [1.82, 2.24) is 0 Å². The van der Waals surface area contributed by atoms with E-state index in [2.05, 4.69) is 21.1 Å². The highest BCUT2D eigenvalue weighted by Gasteiger charge is 2.31. The lowest BCUT2D eigenvalue weighted by atomic mass is 9.82. The van der Waals surface area contributed by atoms with Gasteiger partial charge in [0.25, 0.3) is 0 Å². The summed E-state index contributed by atoms with van der Waals surface area (Å²) < 4.78 is 0.826. The summed E-state index contributed by atoms with van der Waals surface area (Å²) in [6, 6.07) is 5.67. The number of carbonyl (C=O) groups excluding carboxylic acids is 1. The molecule has 0 heterocycles. The topological polar surface area (TPSA) is 17.1 Å². The number of benzene rings is 1. The Hall–Kier alpha value is -0.130. The summed E-state index contributed by atoms with van der Waals surface area (Å²) in [5.41, 5.74) is 1.99. The summed E-state index contributed by atoms with van der Waals surface area (Å²) in [5.74, 6) is 0.405. The van der Waals surface area contributed by atoms with Crippen LogP contribution in [0.2, 0.25) is 5.02 Å². The number of fused-ring (bicyclic) bond motifs is 1. The fourth-order valence-corrected chi connectivity index (χ4v) is 2.68. The van der Waals surface area contributed by atoms with Crippen molar-refractivity contribution in [3.05, 3.63) is 34.3 Å². The Kier molecular flexibility index (Phi) is 5.21. The maximum atomic E-state index is 12.4. The lowest BCUT2D eigenvalue weighted by molar-refractivity contribution is -0.872. The van der Waals surface area contributed by atoms with Gasteiger partial charge in [-0.1, -0.05) is 17.7 Å². The van der Waals surface area contributed by atoms with Crippen molar-refractivity contribution < 1.29 is 33.3 Å². The molecule has 1 aromatic rings. The molecule has 2 rings (SSSR count). The maximum absolute atomic E-state index is 12.4. The number of rotatable bonds is 2. The molecule has 0 amide bonds. The number of hydrogen-bond acceptors (Lipinski definition) is 1. The van der Waals surface area contributed by atoms with Crippen LogP contribution in [0.4, 0.5) is 0 Å². The van der Waals surface area contributed by atoms with E-state index >= 15 is 0 Å². The third kappa shape index (κ3) is 3.68. The molecule has 0 fully saturated rings. The van der Waals surface area contributed by atoms with Gasteiger partial charge in [0.05, 0.1) is 33.6 Å². The Morgan fingerprint density at radius 1 is 1.33 bits per heavy atom. The van der Waals surface area contributed by atoms with Crippen molar-refractivity contribution in [2.75, 3.05) is 27.7 Å². The van der Waals surface area contributed by atoms with Gasteiger partial charge >= 0.3 is 0 Å². The van der Waals surface area contributed by atoms with Gasteiger partial charge in [0.1, 0.15) is 0 Å². The van der Waals surface area contributed by atoms with E-state index < -0.39 is 0 Å². The molecule has 0 aromatic heterocycles. The number of ketones is 1. The molecule has 100 valence electrons. The second-order valence-electron chi connectivity index (χ2n) is 5.87. The molecule has 1 aromatic carbocycles. The predicted molar refractivity (Wildman–Crippen MR) is 70.5 cm³/mol. The number of quaternary nitrogens is 1. The van der Waals surface area contributed by atoms with Crippen LogP contribution in [0.25, 0.3) is 0 Å². The summed E-state index contributed by atoms with van der Waals surface area (Å²) in [5, 5.41) is 0.656. The molecular formula is C14H19ClINO. The Balaban J connectivity index is 0.00000162. The summed E-state index contributed by atoms with van der Waals surface area (Å²) >= 11 is 5.97. The molecule has 1 unspecified atom stereocenters. The third-order valence-electron chi connectivity index (χ3n) is 3.24. The predicted octanol–water partition coefficient (Wildman–Crippen LogP) is -0.205. The quantitative estimate of drug-likeness (QED) is 0.514. The van der Waals surface area contributed by atoms with Gasteiger partial charge in [0.15, 0.2) is 5.78 Å². The Morgan fingerprint density at radius 3 is 2.61 bits per heavy atom. The number of Topliss-reactive ketones (excluding diaryl/α,β-unsaturated/α-hetero) is 1. The first-order chi connectivity index (χ1) is 7.87. The van der Waals surface area contributed by atoms with E-state index in [1.54, 1.807) is 0 Å². The largest absolute Gasteiger partial charge is 1.00 e. The van der Waals surface area contributed by atoms with Crippen LogP contribution in [-0.4, -0.2) is 38.0 Å². The van der Waals surface area contributed by atoms with Gasteiger partial charge in [0, 0.05) is 10.6 Å². The number of aryl methyl sites for hydroxylation is 1. The van der Waals surface area contributed by atoms with E-state index in [1.165, 1.54) is 0 Å². The molecular weight excluding hydrogens is 361 g/mol. The minimum atomic E-state index is 0. The highest BCUT2D eigenvalue weighted by molar-refractivity contribution is 6.31. The van der Waals surface area contributed by atoms with Gasteiger partial charge < -0.3 is 28.5 Å². The first-order valence-corrected chi connectivity index (χ1v) is 6.38. The fraction of sp³-hybridized carbons (Fsp3) is 0.500. The molecule has 0 bridgehead atoms. The number of nitrogens with zero attached hydrogens (tertiary/aromatic N) is 1. The minimum Gasteiger partial charge on any atom is -1.00 e. The van der Waals surface area contributed by atoms with Crippen LogP contribution in [0, 0.1) is 5.92 Å². The van der Waals surface area contributed by atoms with Crippen LogP contribution in [0.15, 0.2) is 18.2 Å². The molecule has 0 radical (unpaired) electrons. The summed E-state index contributed by atoms with van der Waals surface area (Å²) in [4.78, 5) is 12.4. The number of carbonyl (C=O) groups is 1. The molecule has 2 nitrogen and oxygen atoms in total. The number of hydrogen-bond donors (Lipinski definition) is 0. The molecule has 1 atom stereocenters. The van der Waals surface area contributed by atoms with Crippen molar-refractivity contribution in [2.45, 2.75) is 12.8 Å². The molecule has 0 saturated heterocycles. The molecule has 0 saturated carbocycles. The second-order valence-corrected chi connectivity index (χ2v) is 6.31. The van der Waals surface area contributed by atoms with Gasteiger partial charge in [-0.05, 0) is 30.5 Å². The van der Waals surface area contributed by atoms with Gasteiger partial charge in [-0.3, -0.25) is 4.79 Å². The zero-order chi connectivity index (χ0) is 12.6. The van der Waals surface area contributed by atoms with E-state index in [-0.39, 0.29) is 35.7 Å². The van der Waals surface area contributed by atoms with Crippen LogP contribution in [0.3, 0.4) is 0 Å². The summed E-state index contributed by atoms with van der Waals surface area (Å²) in [7, 11) is 6.38. The van der Waals surface area contributed by atoms with E-state index in [4.69, 9.17) is 11.6 Å². The first-order valence-electron chi connectivity index (χ1n) is 6.00. The Morgan fingerprint density at radius 2 is 2.00 bits per heavy atom. The van der Waals surface area contributed by atoms with E-state index in [0.29, 0.717) is 5.02 Å². The van der Waals surface area contributed by atoms with E-state index in [0.717, 1.165) is 35.0 Å². The Bertz CT molecular complexity index is 454. The van der Waals surface area contributed by atoms with Crippen molar-refractivity contribution in [2.24, 2.45) is 5.92 Å². The fourth-order valence-electron chi connectivity index (χ4n) is 2.51. The van der Waals surface area contributed by atoms with Crippen molar-refractivity contribution in [1.29, 1.82) is 0 Å². The van der Waals surface area contributed by atoms with Crippen LogP contribution < -0.4 is 24.0 Å². The van der Waals surface area contributed by atoms with Crippen LogP contribution in [0.1, 0.15) is 22.3 Å². The minimum absolute atomic E-state index is 0. The molecule has 0 N–H and O–H groups in total. The normalized spacial score (nSPS) is 19.1. The standard InChI is InChI=1S/C14H19ClNO.HI/c1-16(2,3)9-11-5-4-10-6-7-12(15)8-13(10)14(11)17;/h6-8,11H,4-5,9H2,1-3H3;1H/q+1;/p-1. The maximum Gasteiger partial charge on any atom is 0.171 e. The average Bonchev–Trinajstić information content (AvgIpc) is 2.21. The van der Waals surface area contributed by atoms with Crippen molar-refractivity contribution >= 4 is 17.4 Å². The lowest BCUT2D eigenvalue weighted by Gasteiger charge is -2.31. The van der Waals surface area contributed by atoms with Gasteiger partial charge in [0.2, 0.25) is 0 Å². The van der Waals surface area contributed by atoms with Gasteiger partial charge in [-0.15, -0.1) is 0 Å². The highest BCUT2D eigenvalue weighted by Crippen LogP contribution is 2.28. The van der Waals surface area contributed by atoms with Crippen LogP contribution in [-0.2, 0) is 6.42 Å². The zero-order valence-corrected chi connectivity index (χ0v) is 14.0. The SMILES string of the molecule is C[N+](C)(C)CC1CCc2ccc(Cl)cc2C1=O.[I-]. The van der Waals surface area contributed by atoms with Crippen LogP contribution >= 0.6 is 11.6 Å². The molecule has 18 heavy (non-hydrogen) atoms.